The van der Waals surface area contributed by atoms with Crippen molar-refractivity contribution in [3.63, 3.8) is 0 Å². The number of rotatable bonds is 5. The number of nitrogens with zero attached hydrogens (tertiary/aromatic N) is 2. The van der Waals surface area contributed by atoms with E-state index >= 15 is 0 Å². The van der Waals surface area contributed by atoms with Crippen LogP contribution in [0, 0.1) is 19.7 Å². The monoisotopic (exact) mass is 325 g/mol. The zero-order chi connectivity index (χ0) is 16.4. The molecule has 1 aromatic carbocycles. The average molecular weight is 326 g/mol. The number of aromatic nitrogens is 2. The van der Waals surface area contributed by atoms with Crippen LogP contribution in [0.25, 0.3) is 0 Å². The number of aromatic amines is 1. The minimum atomic E-state index is -0.328. The Bertz CT molecular complexity index is 652. The summed E-state index contributed by atoms with van der Waals surface area (Å²) in [6.07, 6.45) is 0. The second-order valence-corrected chi connectivity index (χ2v) is 5.86. The van der Waals surface area contributed by atoms with Crippen LogP contribution in [0.15, 0.2) is 12.1 Å². The van der Waals surface area contributed by atoms with Crippen molar-refractivity contribution in [3.05, 3.63) is 45.5 Å². The molecule has 1 N–H and O–H groups in total. The van der Waals surface area contributed by atoms with Crippen molar-refractivity contribution in [1.82, 2.24) is 15.1 Å². The molecule has 0 aliphatic carbocycles. The quantitative estimate of drug-likeness (QED) is 0.902. The van der Waals surface area contributed by atoms with Gasteiger partial charge in [-0.3, -0.25) is 10.00 Å². The van der Waals surface area contributed by atoms with Gasteiger partial charge in [0.15, 0.2) is 0 Å². The fourth-order valence-electron chi connectivity index (χ4n) is 2.66. The summed E-state index contributed by atoms with van der Waals surface area (Å²) >= 11 is 6.24. The maximum absolute atomic E-state index is 14.1. The first-order valence-electron chi connectivity index (χ1n) is 7.09. The highest BCUT2D eigenvalue weighted by molar-refractivity contribution is 6.32. The third kappa shape index (κ3) is 3.10. The number of methoxy groups -OCH3 is 1. The summed E-state index contributed by atoms with van der Waals surface area (Å²) in [5.74, 6) is 0.153. The molecule has 2 rings (SSSR count). The van der Waals surface area contributed by atoms with Gasteiger partial charge in [-0.05, 0) is 40.0 Å². The molecule has 1 atom stereocenters. The molecular formula is C16H21ClFN3O. The first-order chi connectivity index (χ1) is 10.4. The second kappa shape index (κ2) is 6.67. The standard InChI is InChI=1S/C16H21ClFN3O/c1-9-15(10(2)20-19-9)11(3)21(4)8-12-13(18)6-7-14(22-5)16(12)17/h6-7,11H,8H2,1-5H3,(H,19,20)/t11-/m1/s1. The van der Waals surface area contributed by atoms with Gasteiger partial charge in [0.2, 0.25) is 0 Å². The summed E-state index contributed by atoms with van der Waals surface area (Å²) in [6.45, 7) is 6.39. The van der Waals surface area contributed by atoms with Gasteiger partial charge in [0, 0.05) is 29.4 Å². The van der Waals surface area contributed by atoms with Crippen LogP contribution in [0.3, 0.4) is 0 Å². The van der Waals surface area contributed by atoms with Crippen LogP contribution in [0.1, 0.15) is 35.5 Å². The van der Waals surface area contributed by atoms with E-state index in [1.165, 1.54) is 19.2 Å². The molecule has 0 saturated heterocycles. The van der Waals surface area contributed by atoms with E-state index in [9.17, 15) is 4.39 Å². The highest BCUT2D eigenvalue weighted by Gasteiger charge is 2.21. The molecule has 6 heteroatoms. The first kappa shape index (κ1) is 16.8. The number of halogens is 2. The summed E-state index contributed by atoms with van der Waals surface area (Å²) in [5, 5.41) is 7.52. The number of aryl methyl sites for hydroxylation is 2. The predicted octanol–water partition coefficient (Wildman–Crippen LogP) is 4.02. The van der Waals surface area contributed by atoms with Gasteiger partial charge < -0.3 is 4.74 Å². The van der Waals surface area contributed by atoms with E-state index in [2.05, 4.69) is 17.1 Å². The van der Waals surface area contributed by atoms with Crippen LogP contribution >= 0.6 is 11.6 Å². The topological polar surface area (TPSA) is 41.1 Å². The molecule has 1 heterocycles. The first-order valence-corrected chi connectivity index (χ1v) is 7.47. The fraction of sp³-hybridized carbons (Fsp3) is 0.438. The Morgan fingerprint density at radius 3 is 2.64 bits per heavy atom. The summed E-state index contributed by atoms with van der Waals surface area (Å²) in [7, 11) is 3.46. The van der Waals surface area contributed by atoms with Crippen molar-refractivity contribution in [2.75, 3.05) is 14.2 Å². The van der Waals surface area contributed by atoms with Crippen LogP contribution in [0.4, 0.5) is 4.39 Å². The van der Waals surface area contributed by atoms with Gasteiger partial charge in [-0.25, -0.2) is 4.39 Å². The second-order valence-electron chi connectivity index (χ2n) is 5.48. The van der Waals surface area contributed by atoms with Crippen LogP contribution in [-0.2, 0) is 6.54 Å². The van der Waals surface area contributed by atoms with Crippen LogP contribution < -0.4 is 4.74 Å². The Hall–Kier alpha value is -1.59. The Labute approximate surface area is 135 Å². The number of hydrogen-bond acceptors (Lipinski definition) is 3. The highest BCUT2D eigenvalue weighted by Crippen LogP contribution is 2.33. The lowest BCUT2D eigenvalue weighted by Gasteiger charge is -2.26. The number of benzene rings is 1. The minimum absolute atomic E-state index is 0.0837. The van der Waals surface area contributed by atoms with E-state index in [0.29, 0.717) is 22.9 Å². The molecular weight excluding hydrogens is 305 g/mol. The maximum atomic E-state index is 14.1. The number of H-pyrrole nitrogens is 1. The SMILES string of the molecule is COc1ccc(F)c(CN(C)[C@H](C)c2c(C)n[nH]c2C)c1Cl. The van der Waals surface area contributed by atoms with E-state index < -0.39 is 0 Å². The van der Waals surface area contributed by atoms with Gasteiger partial charge in [-0.1, -0.05) is 11.6 Å². The summed E-state index contributed by atoms with van der Waals surface area (Å²) < 4.78 is 19.3. The minimum Gasteiger partial charge on any atom is -0.495 e. The fourth-order valence-corrected chi connectivity index (χ4v) is 2.95. The lowest BCUT2D eigenvalue weighted by Crippen LogP contribution is -2.23. The molecule has 0 unspecified atom stereocenters. The van der Waals surface area contributed by atoms with Crippen LogP contribution in [-0.4, -0.2) is 29.3 Å². The molecule has 0 saturated carbocycles. The molecule has 1 aromatic heterocycles. The summed E-state index contributed by atoms with van der Waals surface area (Å²) in [6, 6.07) is 3.00. The molecule has 0 fully saturated rings. The molecule has 0 aliphatic heterocycles. The van der Waals surface area contributed by atoms with Crippen molar-refractivity contribution in [1.29, 1.82) is 0 Å². The van der Waals surface area contributed by atoms with Crippen molar-refractivity contribution in [3.8, 4) is 5.75 Å². The molecule has 2 aromatic rings. The predicted molar refractivity (Wildman–Crippen MR) is 85.9 cm³/mol. The van der Waals surface area contributed by atoms with Crippen molar-refractivity contribution in [2.24, 2.45) is 0 Å². The lowest BCUT2D eigenvalue weighted by atomic mass is 10.0. The zero-order valence-electron chi connectivity index (χ0n) is 13.5. The van der Waals surface area contributed by atoms with E-state index in [-0.39, 0.29) is 11.9 Å². The third-order valence-electron chi connectivity index (χ3n) is 4.04. The number of hydrogen-bond donors (Lipinski definition) is 1. The lowest BCUT2D eigenvalue weighted by molar-refractivity contribution is 0.248. The molecule has 0 amide bonds. The smallest absolute Gasteiger partial charge is 0.137 e. The Morgan fingerprint density at radius 2 is 2.09 bits per heavy atom. The van der Waals surface area contributed by atoms with Gasteiger partial charge in [-0.15, -0.1) is 0 Å². The molecule has 0 radical (unpaired) electrons. The van der Waals surface area contributed by atoms with Gasteiger partial charge in [0.1, 0.15) is 11.6 Å². The van der Waals surface area contributed by atoms with Crippen LogP contribution in [0.2, 0.25) is 5.02 Å². The summed E-state index contributed by atoms with van der Waals surface area (Å²) in [4.78, 5) is 2.04. The largest absolute Gasteiger partial charge is 0.495 e. The van der Waals surface area contributed by atoms with Crippen molar-refractivity contribution in [2.45, 2.75) is 33.4 Å². The molecule has 0 bridgehead atoms. The van der Waals surface area contributed by atoms with Gasteiger partial charge in [-0.2, -0.15) is 5.10 Å². The maximum Gasteiger partial charge on any atom is 0.137 e. The van der Waals surface area contributed by atoms with Crippen LogP contribution in [0.5, 0.6) is 5.75 Å². The van der Waals surface area contributed by atoms with E-state index in [0.717, 1.165) is 17.0 Å². The Balaban J connectivity index is 2.27. The molecule has 0 aliphatic rings. The van der Waals surface area contributed by atoms with Crippen molar-refractivity contribution < 1.29 is 9.13 Å². The van der Waals surface area contributed by atoms with Gasteiger partial charge in [0.25, 0.3) is 0 Å². The summed E-state index contributed by atoms with van der Waals surface area (Å²) in [5.41, 5.74) is 3.54. The molecule has 120 valence electrons. The molecule has 22 heavy (non-hydrogen) atoms. The molecule has 4 nitrogen and oxygen atoms in total. The zero-order valence-corrected chi connectivity index (χ0v) is 14.3. The Kier molecular flexibility index (Phi) is 5.08. The molecule has 0 spiro atoms. The Morgan fingerprint density at radius 1 is 1.41 bits per heavy atom. The van der Waals surface area contributed by atoms with E-state index in [1.807, 2.05) is 25.8 Å². The van der Waals surface area contributed by atoms with Crippen molar-refractivity contribution >= 4 is 11.6 Å². The van der Waals surface area contributed by atoms with E-state index in [4.69, 9.17) is 16.3 Å². The van der Waals surface area contributed by atoms with Gasteiger partial charge in [0.05, 0.1) is 17.8 Å². The van der Waals surface area contributed by atoms with E-state index in [1.54, 1.807) is 0 Å². The number of nitrogens with one attached hydrogen (secondary N) is 1. The number of ether oxygens (including phenoxy) is 1. The average Bonchev–Trinajstić information content (AvgIpc) is 2.81. The van der Waals surface area contributed by atoms with Gasteiger partial charge >= 0.3 is 0 Å². The highest BCUT2D eigenvalue weighted by atomic mass is 35.5. The normalized spacial score (nSPS) is 12.7. The third-order valence-corrected chi connectivity index (χ3v) is 4.46.